The van der Waals surface area contributed by atoms with Gasteiger partial charge in [0.15, 0.2) is 11.5 Å². The number of hydrogen-bond acceptors (Lipinski definition) is 7. The average molecular weight is 376 g/mol. The molecular weight excluding hydrogens is 352 g/mol. The van der Waals surface area contributed by atoms with Gasteiger partial charge in [-0.1, -0.05) is 13.8 Å². The summed E-state index contributed by atoms with van der Waals surface area (Å²) in [7, 11) is 3.15. The van der Waals surface area contributed by atoms with E-state index in [4.69, 9.17) is 9.47 Å². The Morgan fingerprint density at radius 2 is 1.81 bits per heavy atom. The summed E-state index contributed by atoms with van der Waals surface area (Å²) in [5.41, 5.74) is 0.606. The molecule has 0 unspecified atom stereocenters. The number of hydrogen-bond donors (Lipinski definition) is 0. The van der Waals surface area contributed by atoms with Gasteiger partial charge in [0, 0.05) is 49.2 Å². The fraction of sp³-hybridized carbons (Fsp3) is 0.500. The van der Waals surface area contributed by atoms with Crippen LogP contribution in [0.1, 0.15) is 35.9 Å². The standard InChI is InChI=1S/C18H24N4O3S/c1-12(2)16-19-18(26-20-16)22-9-7-21(8-10-22)17(23)13-5-6-14(24-3)15(11-13)25-4/h5-6,11-12H,7-10H2,1-4H3. The number of ether oxygens (including phenoxy) is 2. The SMILES string of the molecule is COc1ccc(C(=O)N2CCN(c3nc(C(C)C)ns3)CC2)cc1OC. The van der Waals surface area contributed by atoms with Crippen LogP contribution < -0.4 is 14.4 Å². The number of anilines is 1. The van der Waals surface area contributed by atoms with Crippen molar-refractivity contribution in [3.05, 3.63) is 29.6 Å². The van der Waals surface area contributed by atoms with Crippen LogP contribution in [-0.2, 0) is 0 Å². The lowest BCUT2D eigenvalue weighted by atomic mass is 10.1. The van der Waals surface area contributed by atoms with Crippen LogP contribution in [-0.4, -0.2) is 60.6 Å². The topological polar surface area (TPSA) is 67.8 Å². The van der Waals surface area contributed by atoms with E-state index in [-0.39, 0.29) is 5.91 Å². The molecule has 3 rings (SSSR count). The van der Waals surface area contributed by atoms with E-state index in [0.717, 1.165) is 24.0 Å². The molecule has 2 aromatic rings. The van der Waals surface area contributed by atoms with Crippen molar-refractivity contribution in [3.8, 4) is 11.5 Å². The Hall–Kier alpha value is -2.35. The van der Waals surface area contributed by atoms with E-state index >= 15 is 0 Å². The summed E-state index contributed by atoms with van der Waals surface area (Å²) in [6.45, 7) is 7.00. The zero-order valence-electron chi connectivity index (χ0n) is 15.6. The van der Waals surface area contributed by atoms with E-state index in [0.29, 0.717) is 36.1 Å². The summed E-state index contributed by atoms with van der Waals surface area (Å²) >= 11 is 1.43. The second-order valence-corrected chi connectivity index (χ2v) is 7.17. The van der Waals surface area contributed by atoms with Gasteiger partial charge < -0.3 is 19.3 Å². The smallest absolute Gasteiger partial charge is 0.254 e. The molecular formula is C18H24N4O3S. The van der Waals surface area contributed by atoms with Crippen LogP contribution >= 0.6 is 11.5 Å². The second-order valence-electron chi connectivity index (χ2n) is 6.44. The van der Waals surface area contributed by atoms with Crippen LogP contribution in [0.4, 0.5) is 5.13 Å². The van der Waals surface area contributed by atoms with Gasteiger partial charge in [-0.2, -0.15) is 4.37 Å². The van der Waals surface area contributed by atoms with Crippen LogP contribution in [0.5, 0.6) is 11.5 Å². The Morgan fingerprint density at radius 3 is 2.38 bits per heavy atom. The van der Waals surface area contributed by atoms with Crippen LogP contribution in [0.2, 0.25) is 0 Å². The van der Waals surface area contributed by atoms with Crippen LogP contribution in [0.15, 0.2) is 18.2 Å². The van der Waals surface area contributed by atoms with Gasteiger partial charge in [-0.3, -0.25) is 4.79 Å². The molecule has 0 N–H and O–H groups in total. The first-order chi connectivity index (χ1) is 12.5. The summed E-state index contributed by atoms with van der Waals surface area (Å²) in [5, 5.41) is 0.937. The molecule has 2 heterocycles. The van der Waals surface area contributed by atoms with Gasteiger partial charge in [-0.25, -0.2) is 4.98 Å². The third kappa shape index (κ3) is 3.75. The highest BCUT2D eigenvalue weighted by Gasteiger charge is 2.25. The number of amides is 1. The summed E-state index contributed by atoms with van der Waals surface area (Å²) in [6.07, 6.45) is 0. The summed E-state index contributed by atoms with van der Waals surface area (Å²) in [4.78, 5) is 21.5. The zero-order valence-corrected chi connectivity index (χ0v) is 16.4. The highest BCUT2D eigenvalue weighted by molar-refractivity contribution is 7.09. The molecule has 8 heteroatoms. The van der Waals surface area contributed by atoms with Crippen molar-refractivity contribution in [1.29, 1.82) is 0 Å². The van der Waals surface area contributed by atoms with Crippen molar-refractivity contribution in [1.82, 2.24) is 14.3 Å². The molecule has 1 aliphatic rings. The zero-order chi connectivity index (χ0) is 18.7. The molecule has 0 atom stereocenters. The van der Waals surface area contributed by atoms with Crippen molar-refractivity contribution in [2.45, 2.75) is 19.8 Å². The fourth-order valence-electron chi connectivity index (χ4n) is 2.84. The fourth-order valence-corrected chi connectivity index (χ4v) is 3.70. The lowest BCUT2D eigenvalue weighted by Gasteiger charge is -2.34. The Morgan fingerprint density at radius 1 is 1.12 bits per heavy atom. The number of rotatable bonds is 5. The number of carbonyl (C=O) groups is 1. The molecule has 140 valence electrons. The molecule has 26 heavy (non-hydrogen) atoms. The maximum absolute atomic E-state index is 12.8. The average Bonchev–Trinajstić information content (AvgIpc) is 3.17. The molecule has 1 aliphatic heterocycles. The number of aromatic nitrogens is 2. The first kappa shape index (κ1) is 18.4. The minimum atomic E-state index is 0.00531. The van der Waals surface area contributed by atoms with Gasteiger partial charge >= 0.3 is 0 Å². The predicted molar refractivity (Wildman–Crippen MR) is 102 cm³/mol. The molecule has 0 saturated carbocycles. The van der Waals surface area contributed by atoms with E-state index in [1.165, 1.54) is 11.5 Å². The highest BCUT2D eigenvalue weighted by Crippen LogP contribution is 2.28. The molecule has 1 aromatic heterocycles. The number of methoxy groups -OCH3 is 2. The molecule has 7 nitrogen and oxygen atoms in total. The maximum Gasteiger partial charge on any atom is 0.254 e. The number of nitrogens with zero attached hydrogens (tertiary/aromatic N) is 4. The van der Waals surface area contributed by atoms with E-state index in [1.54, 1.807) is 32.4 Å². The molecule has 1 aromatic carbocycles. The Labute approximate surface area is 157 Å². The second kappa shape index (κ2) is 7.90. The third-order valence-electron chi connectivity index (χ3n) is 4.42. The van der Waals surface area contributed by atoms with Crippen molar-refractivity contribution in [2.24, 2.45) is 0 Å². The largest absolute Gasteiger partial charge is 0.493 e. The molecule has 1 saturated heterocycles. The summed E-state index contributed by atoms with van der Waals surface area (Å²) in [6, 6.07) is 5.26. The molecule has 1 fully saturated rings. The summed E-state index contributed by atoms with van der Waals surface area (Å²) < 4.78 is 14.9. The van der Waals surface area contributed by atoms with Crippen LogP contribution in [0.3, 0.4) is 0 Å². The van der Waals surface area contributed by atoms with Gasteiger partial charge in [-0.15, -0.1) is 0 Å². The van der Waals surface area contributed by atoms with Gasteiger partial charge in [0.1, 0.15) is 5.82 Å². The van der Waals surface area contributed by atoms with Gasteiger partial charge in [0.2, 0.25) is 5.13 Å². The number of piperazine rings is 1. The quantitative estimate of drug-likeness (QED) is 0.799. The Kier molecular flexibility index (Phi) is 5.61. The number of carbonyl (C=O) groups excluding carboxylic acids is 1. The molecule has 0 aliphatic carbocycles. The number of benzene rings is 1. The van der Waals surface area contributed by atoms with Crippen molar-refractivity contribution >= 4 is 22.6 Å². The van der Waals surface area contributed by atoms with Gasteiger partial charge in [0.25, 0.3) is 5.91 Å². The molecule has 0 radical (unpaired) electrons. The minimum absolute atomic E-state index is 0.00531. The van der Waals surface area contributed by atoms with Crippen molar-refractivity contribution < 1.29 is 14.3 Å². The Balaban J connectivity index is 1.64. The lowest BCUT2D eigenvalue weighted by Crippen LogP contribution is -2.48. The normalized spacial score (nSPS) is 14.7. The van der Waals surface area contributed by atoms with Crippen molar-refractivity contribution in [2.75, 3.05) is 45.3 Å². The van der Waals surface area contributed by atoms with E-state index in [1.807, 2.05) is 4.90 Å². The molecule has 0 bridgehead atoms. The molecule has 1 amide bonds. The Bertz CT molecular complexity index is 770. The molecule has 0 spiro atoms. The highest BCUT2D eigenvalue weighted by atomic mass is 32.1. The maximum atomic E-state index is 12.8. The van der Waals surface area contributed by atoms with Crippen LogP contribution in [0, 0.1) is 0 Å². The van der Waals surface area contributed by atoms with E-state index in [2.05, 4.69) is 28.1 Å². The first-order valence-corrected chi connectivity index (χ1v) is 9.40. The third-order valence-corrected chi connectivity index (χ3v) is 5.21. The summed E-state index contributed by atoms with van der Waals surface area (Å²) in [5.74, 6) is 2.39. The van der Waals surface area contributed by atoms with Gasteiger partial charge in [0.05, 0.1) is 14.2 Å². The van der Waals surface area contributed by atoms with Gasteiger partial charge in [-0.05, 0) is 18.2 Å². The van der Waals surface area contributed by atoms with Crippen LogP contribution in [0.25, 0.3) is 0 Å². The van der Waals surface area contributed by atoms with E-state index < -0.39 is 0 Å². The predicted octanol–water partition coefficient (Wildman–Crippen LogP) is 2.64. The van der Waals surface area contributed by atoms with E-state index in [9.17, 15) is 4.79 Å². The monoisotopic (exact) mass is 376 g/mol. The van der Waals surface area contributed by atoms with Crippen molar-refractivity contribution in [3.63, 3.8) is 0 Å². The first-order valence-electron chi connectivity index (χ1n) is 8.63. The minimum Gasteiger partial charge on any atom is -0.493 e. The lowest BCUT2D eigenvalue weighted by molar-refractivity contribution is 0.0746.